The molecule has 0 saturated carbocycles. The third kappa shape index (κ3) is 5.28. The molecule has 4 rings (SSSR count). The van der Waals surface area contributed by atoms with Crippen molar-refractivity contribution in [1.29, 1.82) is 0 Å². The molecule has 4 nitrogen and oxygen atoms in total. The molecule has 0 atom stereocenters. The molecule has 31 heavy (non-hydrogen) atoms. The predicted octanol–water partition coefficient (Wildman–Crippen LogP) is 1.57. The molecule has 1 heterocycles. The van der Waals surface area contributed by atoms with Gasteiger partial charge in [0.25, 0.3) is 0 Å². The minimum Gasteiger partial charge on any atom is -0.545 e. The van der Waals surface area contributed by atoms with E-state index in [1.165, 1.54) is 18.2 Å². The summed E-state index contributed by atoms with van der Waals surface area (Å²) in [6.07, 6.45) is 1.83. The van der Waals surface area contributed by atoms with Gasteiger partial charge in [-0.1, -0.05) is 17.7 Å². The average molecular weight is 450 g/mol. The Labute approximate surface area is 204 Å². The Morgan fingerprint density at radius 1 is 1.00 bits per heavy atom. The van der Waals surface area contributed by atoms with Crippen molar-refractivity contribution < 1.29 is 53.0 Å². The van der Waals surface area contributed by atoms with Crippen LogP contribution in [0, 0.1) is 11.6 Å². The zero-order valence-corrected chi connectivity index (χ0v) is 19.3. The van der Waals surface area contributed by atoms with Crippen molar-refractivity contribution in [3.05, 3.63) is 100 Å². The van der Waals surface area contributed by atoms with E-state index >= 15 is 0 Å². The maximum Gasteiger partial charge on any atom is 1.00 e. The Morgan fingerprint density at radius 3 is 2.55 bits per heavy atom. The van der Waals surface area contributed by atoms with Crippen molar-refractivity contribution in [3.8, 4) is 5.75 Å². The van der Waals surface area contributed by atoms with E-state index in [-0.39, 0.29) is 47.3 Å². The van der Waals surface area contributed by atoms with Gasteiger partial charge in [-0.25, -0.2) is 8.78 Å². The van der Waals surface area contributed by atoms with Crippen LogP contribution < -0.4 is 39.4 Å². The number of carbonyl (C=O) groups excluding carboxylic acids is 1. The second kappa shape index (κ2) is 9.83. The van der Waals surface area contributed by atoms with E-state index in [9.17, 15) is 18.7 Å². The SMILES string of the molecule is O=C([O-])c1ccc2c(ccn2Cc2cc(Cl)ccc2OCc2ccc(F)cc2F)c1.[Na+]. The van der Waals surface area contributed by atoms with E-state index in [0.29, 0.717) is 17.3 Å². The largest absolute Gasteiger partial charge is 1.00 e. The maximum atomic E-state index is 13.9. The van der Waals surface area contributed by atoms with Crippen LogP contribution in [0.5, 0.6) is 5.75 Å². The Balaban J connectivity index is 0.00000272. The Morgan fingerprint density at radius 2 is 1.81 bits per heavy atom. The van der Waals surface area contributed by atoms with Gasteiger partial charge in [-0.2, -0.15) is 0 Å². The van der Waals surface area contributed by atoms with E-state index in [1.54, 1.807) is 36.4 Å². The van der Waals surface area contributed by atoms with Gasteiger partial charge in [0.2, 0.25) is 0 Å². The van der Waals surface area contributed by atoms with Crippen molar-refractivity contribution in [3.63, 3.8) is 0 Å². The van der Waals surface area contributed by atoms with E-state index in [4.69, 9.17) is 16.3 Å². The summed E-state index contributed by atoms with van der Waals surface area (Å²) in [6.45, 7) is 0.331. The van der Waals surface area contributed by atoms with Crippen LogP contribution in [0.4, 0.5) is 8.78 Å². The number of ether oxygens (including phenoxy) is 1. The summed E-state index contributed by atoms with van der Waals surface area (Å²) >= 11 is 6.15. The van der Waals surface area contributed by atoms with Gasteiger partial charge in [-0.15, -0.1) is 0 Å². The Hall–Kier alpha value is -2.38. The average Bonchev–Trinajstić information content (AvgIpc) is 3.10. The number of rotatable bonds is 6. The number of benzene rings is 3. The molecule has 0 radical (unpaired) electrons. The first kappa shape index (κ1) is 23.3. The number of hydrogen-bond donors (Lipinski definition) is 0. The Bertz CT molecular complexity index is 1260. The van der Waals surface area contributed by atoms with Crippen molar-refractivity contribution in [2.45, 2.75) is 13.2 Å². The molecule has 0 amide bonds. The fraction of sp³-hybridized carbons (Fsp3) is 0.0870. The van der Waals surface area contributed by atoms with Crippen LogP contribution in [0.2, 0.25) is 5.02 Å². The van der Waals surface area contributed by atoms with Crippen LogP contribution in [0.3, 0.4) is 0 Å². The van der Waals surface area contributed by atoms with Crippen molar-refractivity contribution in [1.82, 2.24) is 4.57 Å². The number of aromatic nitrogens is 1. The number of hydrogen-bond acceptors (Lipinski definition) is 3. The number of aromatic carboxylic acids is 1. The minimum atomic E-state index is -1.23. The molecule has 0 aliphatic carbocycles. The topological polar surface area (TPSA) is 54.3 Å². The van der Waals surface area contributed by atoms with Gasteiger partial charge in [0.15, 0.2) is 0 Å². The third-order valence-corrected chi connectivity index (χ3v) is 5.00. The van der Waals surface area contributed by atoms with Gasteiger partial charge >= 0.3 is 29.6 Å². The molecule has 4 aromatic rings. The summed E-state index contributed by atoms with van der Waals surface area (Å²) < 4.78 is 34.7. The molecule has 0 aliphatic rings. The summed E-state index contributed by atoms with van der Waals surface area (Å²) in [6, 6.07) is 15.0. The first-order valence-corrected chi connectivity index (χ1v) is 9.44. The molecule has 0 spiro atoms. The summed E-state index contributed by atoms with van der Waals surface area (Å²) in [5.41, 5.74) is 1.92. The van der Waals surface area contributed by atoms with Gasteiger partial charge in [-0.05, 0) is 54.1 Å². The fourth-order valence-corrected chi connectivity index (χ4v) is 3.45. The molecular formula is C23H15ClF2NNaO3. The van der Waals surface area contributed by atoms with Crippen molar-refractivity contribution >= 4 is 28.5 Å². The van der Waals surface area contributed by atoms with E-state index < -0.39 is 17.6 Å². The van der Waals surface area contributed by atoms with E-state index in [1.807, 2.05) is 10.8 Å². The first-order valence-electron chi connectivity index (χ1n) is 9.06. The molecule has 0 aliphatic heterocycles. The van der Waals surface area contributed by atoms with Crippen LogP contribution in [-0.2, 0) is 13.2 Å². The smallest absolute Gasteiger partial charge is 0.545 e. The second-order valence-corrected chi connectivity index (χ2v) is 7.22. The molecule has 0 bridgehead atoms. The summed E-state index contributed by atoms with van der Waals surface area (Å²) in [4.78, 5) is 11.1. The quantitative estimate of drug-likeness (QED) is 0.420. The van der Waals surface area contributed by atoms with Gasteiger partial charge in [-0.3, -0.25) is 0 Å². The second-order valence-electron chi connectivity index (χ2n) is 6.78. The van der Waals surface area contributed by atoms with Crippen LogP contribution in [0.25, 0.3) is 10.9 Å². The summed E-state index contributed by atoms with van der Waals surface area (Å²) in [7, 11) is 0. The normalized spacial score (nSPS) is 10.7. The van der Waals surface area contributed by atoms with Gasteiger partial charge < -0.3 is 19.2 Å². The van der Waals surface area contributed by atoms with Crippen LogP contribution in [0.1, 0.15) is 21.5 Å². The number of carboxylic acid groups (broad SMARTS) is 1. The van der Waals surface area contributed by atoms with Crippen molar-refractivity contribution in [2.75, 3.05) is 0 Å². The third-order valence-electron chi connectivity index (χ3n) is 4.77. The van der Waals surface area contributed by atoms with Gasteiger partial charge in [0.1, 0.15) is 24.0 Å². The molecule has 8 heteroatoms. The van der Waals surface area contributed by atoms with Gasteiger partial charge in [0, 0.05) is 39.3 Å². The van der Waals surface area contributed by atoms with Crippen LogP contribution in [0.15, 0.2) is 66.9 Å². The maximum absolute atomic E-state index is 13.9. The van der Waals surface area contributed by atoms with E-state index in [2.05, 4.69) is 0 Å². The fourth-order valence-electron chi connectivity index (χ4n) is 3.26. The number of nitrogens with zero attached hydrogens (tertiary/aromatic N) is 1. The molecule has 152 valence electrons. The van der Waals surface area contributed by atoms with Crippen molar-refractivity contribution in [2.24, 2.45) is 0 Å². The predicted molar refractivity (Wildman–Crippen MR) is 108 cm³/mol. The zero-order valence-electron chi connectivity index (χ0n) is 16.6. The molecule has 3 aromatic carbocycles. The Kier molecular flexibility index (Phi) is 7.38. The van der Waals surface area contributed by atoms with Crippen LogP contribution >= 0.6 is 11.6 Å². The molecule has 1 aromatic heterocycles. The van der Waals surface area contributed by atoms with Gasteiger partial charge in [0.05, 0.1) is 12.5 Å². The number of carbonyl (C=O) groups is 1. The number of carboxylic acids is 1. The zero-order chi connectivity index (χ0) is 21.3. The molecule has 0 unspecified atom stereocenters. The standard InChI is InChI=1S/C23H16ClF2NO3.Na/c24-18-3-6-22(30-13-16-1-4-19(25)11-20(16)26)17(10-18)12-27-8-7-14-9-15(23(28)29)2-5-21(14)27;/h1-11H,12-13H2,(H,28,29);/q;+1/p-1. The number of fused-ring (bicyclic) bond motifs is 1. The number of halogens is 3. The summed E-state index contributed by atoms with van der Waals surface area (Å²) in [5.74, 6) is -2.05. The monoisotopic (exact) mass is 449 g/mol. The minimum absolute atomic E-state index is 0. The first-order chi connectivity index (χ1) is 14.4. The molecule has 0 N–H and O–H groups in total. The molecule has 0 fully saturated rings. The molecular weight excluding hydrogens is 435 g/mol. The summed E-state index contributed by atoms with van der Waals surface area (Å²) in [5, 5.41) is 12.3. The van der Waals surface area contributed by atoms with E-state index in [0.717, 1.165) is 22.5 Å². The molecule has 0 saturated heterocycles. The van der Waals surface area contributed by atoms with Crippen LogP contribution in [-0.4, -0.2) is 10.5 Å².